The average molecular weight is 506 g/mol. The van der Waals surface area contributed by atoms with Crippen LogP contribution < -0.4 is 0 Å². The second kappa shape index (κ2) is 5.77. The first-order chi connectivity index (χ1) is 13.2. The summed E-state index contributed by atoms with van der Waals surface area (Å²) in [7, 11) is 0. The van der Waals surface area contributed by atoms with E-state index in [1.165, 1.54) is 0 Å². The number of allylic oxidation sites excluding steroid dienone is 1. The van der Waals surface area contributed by atoms with Crippen molar-refractivity contribution < 1.29 is 88.5 Å². The minimum absolute atomic E-state index is 2.27. The maximum atomic E-state index is 14.0. The van der Waals surface area contributed by atoms with Crippen LogP contribution in [0.3, 0.4) is 0 Å². The summed E-state index contributed by atoms with van der Waals surface area (Å²) in [6, 6.07) is 0. The average Bonchev–Trinajstić information content (AvgIpc) is 3.38. The molecule has 0 spiro atoms. The maximum absolute atomic E-state index is 14.0. The van der Waals surface area contributed by atoms with E-state index in [1.54, 1.807) is 0 Å². The van der Waals surface area contributed by atoms with Crippen molar-refractivity contribution in [3.8, 4) is 0 Å². The quantitative estimate of drug-likeness (QED) is 0.351. The number of hydrogen-bond acceptors (Lipinski definition) is 2. The van der Waals surface area contributed by atoms with E-state index in [1.807, 2.05) is 0 Å². The van der Waals surface area contributed by atoms with Crippen LogP contribution in [-0.4, -0.2) is 53.6 Å². The summed E-state index contributed by atoms with van der Waals surface area (Å²) in [6.07, 6.45) is -21.8. The largest absolute Gasteiger partial charge is 0.460 e. The molecule has 0 bridgehead atoms. The van der Waals surface area contributed by atoms with Gasteiger partial charge in [0, 0.05) is 0 Å². The summed E-state index contributed by atoms with van der Waals surface area (Å²) < 4.78 is 237. The third-order valence-corrected chi connectivity index (χ3v) is 4.03. The van der Waals surface area contributed by atoms with Crippen LogP contribution in [0.15, 0.2) is 11.6 Å². The highest BCUT2D eigenvalue weighted by atomic mass is 19.4. The number of epoxide rings is 2. The molecule has 2 aliphatic rings. The molecule has 0 saturated carbocycles. The van der Waals surface area contributed by atoms with E-state index in [4.69, 9.17) is 0 Å². The number of ether oxygens (including phenoxy) is 2. The highest BCUT2D eigenvalue weighted by Gasteiger charge is 3.08. The van der Waals surface area contributed by atoms with Crippen molar-refractivity contribution in [1.82, 2.24) is 0 Å². The maximum Gasteiger partial charge on any atom is 0.460 e. The first kappa shape index (κ1) is 25.5. The summed E-state index contributed by atoms with van der Waals surface area (Å²) in [4.78, 5) is 0. The van der Waals surface area contributed by atoms with Gasteiger partial charge in [0.15, 0.2) is 0 Å². The second-order valence-electron chi connectivity index (χ2n) is 5.94. The smallest absolute Gasteiger partial charge is 0.440 e. The zero-order chi connectivity index (χ0) is 25.1. The third-order valence-electron chi connectivity index (χ3n) is 4.03. The van der Waals surface area contributed by atoms with E-state index in [0.717, 1.165) is 0 Å². The summed E-state index contributed by atoms with van der Waals surface area (Å²) >= 11 is 0. The molecule has 0 aromatic heterocycles. The van der Waals surface area contributed by atoms with Gasteiger partial charge in [-0.25, -0.2) is 8.78 Å². The minimum Gasteiger partial charge on any atom is -0.440 e. The Kier molecular flexibility index (Phi) is 4.75. The van der Waals surface area contributed by atoms with Crippen LogP contribution in [0.4, 0.5) is 79.0 Å². The lowest BCUT2D eigenvalue weighted by Crippen LogP contribution is -2.64. The van der Waals surface area contributed by atoms with Crippen LogP contribution in [0.5, 0.6) is 0 Å². The molecule has 20 heteroatoms. The molecule has 2 nitrogen and oxygen atoms in total. The van der Waals surface area contributed by atoms with Gasteiger partial charge in [0.25, 0.3) is 0 Å². The number of hydrogen-bond donors (Lipinski definition) is 0. The first-order valence-electron chi connectivity index (χ1n) is 6.72. The lowest BCUT2D eigenvalue weighted by molar-refractivity contribution is -0.336. The van der Waals surface area contributed by atoms with Gasteiger partial charge in [0.2, 0.25) is 11.6 Å². The molecule has 2 heterocycles. The van der Waals surface area contributed by atoms with Crippen molar-refractivity contribution in [1.29, 1.82) is 0 Å². The molecule has 2 aliphatic heterocycles. The molecule has 0 aromatic rings. The molecule has 0 amide bonds. The molecule has 31 heavy (non-hydrogen) atoms. The topological polar surface area (TPSA) is 25.1 Å². The Labute approximate surface area is 155 Å². The zero-order valence-electron chi connectivity index (χ0n) is 13.1. The Bertz CT molecular complexity index is 803. The van der Waals surface area contributed by atoms with Gasteiger partial charge >= 0.3 is 53.6 Å². The summed E-state index contributed by atoms with van der Waals surface area (Å²) in [5.74, 6) is -42.6. The molecule has 0 radical (unpaired) electrons. The molecule has 3 unspecified atom stereocenters. The van der Waals surface area contributed by atoms with Crippen LogP contribution in [0.25, 0.3) is 0 Å². The molecular formula is C11F18O2. The summed E-state index contributed by atoms with van der Waals surface area (Å²) in [5, 5.41) is 0. The minimum atomic E-state index is -7.47. The van der Waals surface area contributed by atoms with E-state index >= 15 is 0 Å². The highest BCUT2D eigenvalue weighted by Crippen LogP contribution is 2.77. The van der Waals surface area contributed by atoms with Crippen LogP contribution in [0.2, 0.25) is 0 Å². The molecule has 0 N–H and O–H groups in total. The highest BCUT2D eigenvalue weighted by molar-refractivity contribution is 5.40. The third kappa shape index (κ3) is 2.74. The van der Waals surface area contributed by atoms with Crippen molar-refractivity contribution >= 4 is 0 Å². The molecule has 2 fully saturated rings. The van der Waals surface area contributed by atoms with Crippen molar-refractivity contribution in [2.75, 3.05) is 0 Å². The van der Waals surface area contributed by atoms with Crippen molar-refractivity contribution in [2.45, 2.75) is 53.6 Å². The van der Waals surface area contributed by atoms with Gasteiger partial charge in [0.1, 0.15) is 0 Å². The van der Waals surface area contributed by atoms with Gasteiger partial charge in [-0.05, 0) is 0 Å². The lowest BCUT2D eigenvalue weighted by Gasteiger charge is -2.29. The van der Waals surface area contributed by atoms with E-state index in [9.17, 15) is 79.0 Å². The molecule has 0 aliphatic carbocycles. The predicted octanol–water partition coefficient (Wildman–Crippen LogP) is 5.89. The van der Waals surface area contributed by atoms with Crippen molar-refractivity contribution in [3.05, 3.63) is 11.6 Å². The van der Waals surface area contributed by atoms with Crippen molar-refractivity contribution in [3.63, 3.8) is 0 Å². The zero-order valence-corrected chi connectivity index (χ0v) is 13.1. The molecular weight excluding hydrogens is 506 g/mol. The fraction of sp³-hybridized carbons (Fsp3) is 0.818. The van der Waals surface area contributed by atoms with Gasteiger partial charge in [-0.2, -0.15) is 70.2 Å². The number of alkyl halides is 17. The van der Waals surface area contributed by atoms with Crippen molar-refractivity contribution in [2.24, 2.45) is 0 Å². The summed E-state index contributed by atoms with van der Waals surface area (Å²) in [5.41, 5.74) is -6.85. The van der Waals surface area contributed by atoms with Gasteiger partial charge in [-0.3, -0.25) is 0 Å². The molecule has 182 valence electrons. The normalized spacial score (nSPS) is 34.4. The summed E-state index contributed by atoms with van der Waals surface area (Å²) in [6.45, 7) is 0. The number of halogens is 18. The van der Waals surface area contributed by atoms with Gasteiger partial charge in [0.05, 0.1) is 0 Å². The first-order valence-corrected chi connectivity index (χ1v) is 6.72. The molecule has 2 rings (SSSR count). The Morgan fingerprint density at radius 2 is 1.10 bits per heavy atom. The Hall–Kier alpha value is -1.76. The van der Waals surface area contributed by atoms with Gasteiger partial charge in [-0.15, -0.1) is 0 Å². The Balaban J connectivity index is 2.67. The fourth-order valence-electron chi connectivity index (χ4n) is 2.34. The van der Waals surface area contributed by atoms with Crippen LogP contribution in [0, 0.1) is 0 Å². The SMILES string of the molecule is FC(=C1OC1(F)C(F)(F)C1(C(F)(F)F)OC1(F)C(F)(F)C(F)(F)F)C(F)(F)C(F)(F)F. The van der Waals surface area contributed by atoms with E-state index < -0.39 is 65.2 Å². The van der Waals surface area contributed by atoms with E-state index in [-0.39, 0.29) is 0 Å². The Morgan fingerprint density at radius 1 is 0.677 bits per heavy atom. The van der Waals surface area contributed by atoms with Crippen LogP contribution >= 0.6 is 0 Å². The van der Waals surface area contributed by atoms with Crippen LogP contribution in [-0.2, 0) is 9.47 Å². The second-order valence-corrected chi connectivity index (χ2v) is 5.94. The lowest BCUT2D eigenvalue weighted by atomic mass is 9.87. The molecule has 3 atom stereocenters. The van der Waals surface area contributed by atoms with E-state index in [0.29, 0.717) is 0 Å². The van der Waals surface area contributed by atoms with Gasteiger partial charge < -0.3 is 9.47 Å². The fourth-order valence-corrected chi connectivity index (χ4v) is 2.34. The molecule has 2 saturated heterocycles. The molecule has 0 aromatic carbocycles. The standard InChI is InChI=1S/C11F18O2/c12-1(3(13,14)9(21,22)23)2-4(15,30-2)6(16,17)5(10(24,25)26)8(20,31-5)7(18,19)11(27,28)29. The predicted molar refractivity (Wildman–Crippen MR) is 53.7 cm³/mol. The van der Waals surface area contributed by atoms with E-state index in [2.05, 4.69) is 9.47 Å². The Morgan fingerprint density at radius 3 is 1.42 bits per heavy atom. The monoisotopic (exact) mass is 506 g/mol. The van der Waals surface area contributed by atoms with Crippen LogP contribution in [0.1, 0.15) is 0 Å². The number of rotatable bonds is 4. The van der Waals surface area contributed by atoms with Gasteiger partial charge in [-0.1, -0.05) is 0 Å².